The highest BCUT2D eigenvalue weighted by atomic mass is 32.2. The number of hydrogen-bond acceptors (Lipinski definition) is 7. The highest BCUT2D eigenvalue weighted by Crippen LogP contribution is 2.22. The molecule has 0 saturated carbocycles. The van der Waals surface area contributed by atoms with Crippen molar-refractivity contribution < 1.29 is 27.7 Å². The third kappa shape index (κ3) is 4.66. The molecule has 2 N–H and O–H groups in total. The van der Waals surface area contributed by atoms with Crippen LogP contribution in [0.25, 0.3) is 0 Å². The number of aryl methyl sites for hydroxylation is 1. The Kier molecular flexibility index (Phi) is 6.17. The van der Waals surface area contributed by atoms with E-state index in [2.05, 4.69) is 10.3 Å². The Labute approximate surface area is 172 Å². The molecule has 1 aliphatic rings. The van der Waals surface area contributed by atoms with E-state index < -0.39 is 33.4 Å². The minimum absolute atomic E-state index is 0.0395. The van der Waals surface area contributed by atoms with Crippen molar-refractivity contribution in [2.24, 2.45) is 0 Å². The molecule has 11 nitrogen and oxygen atoms in total. The van der Waals surface area contributed by atoms with Crippen LogP contribution in [0.15, 0.2) is 35.4 Å². The number of nitro benzene ring substituents is 1. The second-order valence-electron chi connectivity index (χ2n) is 6.74. The molecule has 0 atom stereocenters. The van der Waals surface area contributed by atoms with Gasteiger partial charge in [-0.2, -0.15) is 4.31 Å². The number of sulfonamides is 1. The maximum atomic E-state index is 12.5. The van der Waals surface area contributed by atoms with E-state index in [0.29, 0.717) is 24.3 Å². The third-order valence-electron chi connectivity index (χ3n) is 4.61. The first-order chi connectivity index (χ1) is 14.2. The van der Waals surface area contributed by atoms with Gasteiger partial charge < -0.3 is 15.0 Å². The number of H-pyrrole nitrogens is 1. The summed E-state index contributed by atoms with van der Waals surface area (Å²) >= 11 is 0. The molecule has 1 fully saturated rings. The summed E-state index contributed by atoms with van der Waals surface area (Å²) in [7, 11) is -3.67. The predicted octanol–water partition coefficient (Wildman–Crippen LogP) is 1.81. The number of aromatic nitrogens is 1. The van der Waals surface area contributed by atoms with E-state index in [1.807, 2.05) is 0 Å². The van der Waals surface area contributed by atoms with Crippen LogP contribution in [-0.4, -0.2) is 54.2 Å². The third-order valence-corrected chi connectivity index (χ3v) is 6.48. The second kappa shape index (κ2) is 8.63. The fraction of sp³-hybridized carbons (Fsp3) is 0.333. The fourth-order valence-corrected chi connectivity index (χ4v) is 4.53. The van der Waals surface area contributed by atoms with Crippen molar-refractivity contribution in [2.75, 3.05) is 25.0 Å². The predicted molar refractivity (Wildman–Crippen MR) is 106 cm³/mol. The molecule has 0 aliphatic carbocycles. The van der Waals surface area contributed by atoms with E-state index in [1.54, 1.807) is 6.92 Å². The molecule has 1 amide bonds. The summed E-state index contributed by atoms with van der Waals surface area (Å²) in [4.78, 5) is 36.9. The lowest BCUT2D eigenvalue weighted by atomic mass is 10.2. The minimum atomic E-state index is -3.67. The lowest BCUT2D eigenvalue weighted by Gasteiger charge is -2.13. The zero-order valence-electron chi connectivity index (χ0n) is 16.1. The highest BCUT2D eigenvalue weighted by Gasteiger charge is 2.29. The SMILES string of the molecule is Cc1cc([N+](=O)[O-])ccc1NC(=O)COC(=O)c1cc(S(=O)(=O)N2CCCC2)c[nH]1. The van der Waals surface area contributed by atoms with Gasteiger partial charge in [-0.25, -0.2) is 13.2 Å². The summed E-state index contributed by atoms with van der Waals surface area (Å²) in [5.74, 6) is -1.52. The number of carbonyl (C=O) groups excluding carboxylic acids is 2. The Bertz CT molecular complexity index is 1090. The number of rotatable bonds is 7. The van der Waals surface area contributed by atoms with Crippen LogP contribution in [0.5, 0.6) is 0 Å². The molecule has 160 valence electrons. The topological polar surface area (TPSA) is 152 Å². The number of esters is 1. The van der Waals surface area contributed by atoms with Crippen LogP contribution >= 0.6 is 0 Å². The van der Waals surface area contributed by atoms with Gasteiger partial charge in [-0.15, -0.1) is 0 Å². The molecule has 1 aromatic heterocycles. The van der Waals surface area contributed by atoms with Crippen molar-refractivity contribution in [1.82, 2.24) is 9.29 Å². The number of aromatic amines is 1. The van der Waals surface area contributed by atoms with Crippen molar-refractivity contribution in [2.45, 2.75) is 24.7 Å². The molecule has 1 aliphatic heterocycles. The molecule has 30 heavy (non-hydrogen) atoms. The molecule has 2 aromatic rings. The average molecular weight is 436 g/mol. The average Bonchev–Trinajstić information content (AvgIpc) is 3.40. The summed E-state index contributed by atoms with van der Waals surface area (Å²) in [6.45, 7) is 1.86. The molecule has 1 saturated heterocycles. The smallest absolute Gasteiger partial charge is 0.355 e. The molecule has 3 rings (SSSR count). The molecule has 2 heterocycles. The summed E-state index contributed by atoms with van der Waals surface area (Å²) in [6.07, 6.45) is 2.80. The van der Waals surface area contributed by atoms with Crippen LogP contribution in [0.2, 0.25) is 0 Å². The second-order valence-corrected chi connectivity index (χ2v) is 8.68. The van der Waals surface area contributed by atoms with Gasteiger partial charge in [-0.05, 0) is 37.5 Å². The van der Waals surface area contributed by atoms with Crippen molar-refractivity contribution >= 4 is 33.3 Å². The largest absolute Gasteiger partial charge is 0.451 e. The first-order valence-corrected chi connectivity index (χ1v) is 10.5. The Balaban J connectivity index is 1.57. The number of nitrogens with zero attached hydrogens (tertiary/aromatic N) is 2. The van der Waals surface area contributed by atoms with Gasteiger partial charge in [0.15, 0.2) is 6.61 Å². The molecule has 1 aromatic carbocycles. The number of ether oxygens (including phenoxy) is 1. The van der Waals surface area contributed by atoms with Gasteiger partial charge in [0, 0.05) is 37.1 Å². The summed E-state index contributed by atoms with van der Waals surface area (Å²) < 4.78 is 31.2. The number of benzene rings is 1. The standard InChI is InChI=1S/C18H20N4O7S/c1-12-8-13(22(25)26)4-5-15(12)20-17(23)11-29-18(24)16-9-14(10-19-16)30(27,28)21-6-2-3-7-21/h4-5,8-10,19H,2-3,6-7,11H2,1H3,(H,20,23). The van der Waals surface area contributed by atoms with E-state index in [1.165, 1.54) is 34.8 Å². The number of nitrogens with one attached hydrogen (secondary N) is 2. The van der Waals surface area contributed by atoms with Gasteiger partial charge in [-0.1, -0.05) is 0 Å². The molecule has 0 spiro atoms. The summed E-state index contributed by atoms with van der Waals surface area (Å²) in [5, 5.41) is 13.3. The number of anilines is 1. The molecule has 0 bridgehead atoms. The maximum Gasteiger partial charge on any atom is 0.355 e. The van der Waals surface area contributed by atoms with Crippen LogP contribution < -0.4 is 5.32 Å². The van der Waals surface area contributed by atoms with Gasteiger partial charge in [0.25, 0.3) is 11.6 Å². The number of nitro groups is 1. The zero-order valence-corrected chi connectivity index (χ0v) is 16.9. The van der Waals surface area contributed by atoms with Gasteiger partial charge in [0.05, 0.1) is 4.92 Å². The Morgan fingerprint density at radius 1 is 1.27 bits per heavy atom. The highest BCUT2D eigenvalue weighted by molar-refractivity contribution is 7.89. The number of non-ortho nitro benzene ring substituents is 1. The fourth-order valence-electron chi connectivity index (χ4n) is 3.02. The van der Waals surface area contributed by atoms with Gasteiger partial charge in [0.2, 0.25) is 10.0 Å². The summed E-state index contributed by atoms with van der Waals surface area (Å²) in [5.41, 5.74) is 0.626. The number of amides is 1. The van der Waals surface area contributed by atoms with E-state index in [4.69, 9.17) is 4.74 Å². The van der Waals surface area contributed by atoms with Crippen molar-refractivity contribution in [3.8, 4) is 0 Å². The molecule has 0 unspecified atom stereocenters. The monoisotopic (exact) mass is 436 g/mol. The molecular formula is C18H20N4O7S. The van der Waals surface area contributed by atoms with Gasteiger partial charge in [-0.3, -0.25) is 14.9 Å². The van der Waals surface area contributed by atoms with Crippen molar-refractivity contribution in [3.63, 3.8) is 0 Å². The normalized spacial score (nSPS) is 14.4. The lowest BCUT2D eigenvalue weighted by molar-refractivity contribution is -0.384. The Morgan fingerprint density at radius 3 is 2.60 bits per heavy atom. The lowest BCUT2D eigenvalue weighted by Crippen LogP contribution is -2.27. The first-order valence-electron chi connectivity index (χ1n) is 9.09. The number of hydrogen-bond donors (Lipinski definition) is 2. The number of carbonyl (C=O) groups is 2. The Hall–Kier alpha value is -3.25. The van der Waals surface area contributed by atoms with Crippen molar-refractivity contribution in [3.05, 3.63) is 51.8 Å². The Morgan fingerprint density at radius 2 is 1.97 bits per heavy atom. The van der Waals surface area contributed by atoms with Gasteiger partial charge in [0.1, 0.15) is 10.6 Å². The van der Waals surface area contributed by atoms with Gasteiger partial charge >= 0.3 is 5.97 Å². The van der Waals surface area contributed by atoms with E-state index in [0.717, 1.165) is 12.8 Å². The molecule has 12 heteroatoms. The van der Waals surface area contributed by atoms with Crippen LogP contribution in [0.4, 0.5) is 11.4 Å². The van der Waals surface area contributed by atoms with E-state index in [9.17, 15) is 28.1 Å². The van der Waals surface area contributed by atoms with Crippen molar-refractivity contribution in [1.29, 1.82) is 0 Å². The quantitative estimate of drug-likeness (QED) is 0.381. The van der Waals surface area contributed by atoms with Crippen LogP contribution in [0.1, 0.15) is 28.9 Å². The molecular weight excluding hydrogens is 416 g/mol. The van der Waals surface area contributed by atoms with Crippen LogP contribution in [0, 0.1) is 17.0 Å². The van der Waals surface area contributed by atoms with Crippen LogP contribution in [-0.2, 0) is 19.6 Å². The van der Waals surface area contributed by atoms with E-state index >= 15 is 0 Å². The summed E-state index contributed by atoms with van der Waals surface area (Å²) in [6, 6.07) is 5.11. The van der Waals surface area contributed by atoms with E-state index in [-0.39, 0.29) is 16.3 Å². The minimum Gasteiger partial charge on any atom is -0.451 e. The molecule has 0 radical (unpaired) electrons. The zero-order chi connectivity index (χ0) is 21.9. The first kappa shape index (κ1) is 21.5. The maximum absolute atomic E-state index is 12.5. The van der Waals surface area contributed by atoms with Crippen LogP contribution in [0.3, 0.4) is 0 Å².